The lowest BCUT2D eigenvalue weighted by Crippen LogP contribution is -2.28. The van der Waals surface area contributed by atoms with Crippen LogP contribution in [0.5, 0.6) is 0 Å². The maximum absolute atomic E-state index is 13.4. The first kappa shape index (κ1) is 21.0. The number of thioether (sulfide) groups is 1. The Morgan fingerprint density at radius 3 is 2.94 bits per heavy atom. The van der Waals surface area contributed by atoms with Crippen LogP contribution >= 0.6 is 23.1 Å². The van der Waals surface area contributed by atoms with Crippen molar-refractivity contribution in [3.63, 3.8) is 0 Å². The summed E-state index contributed by atoms with van der Waals surface area (Å²) in [4.78, 5) is 25.4. The molecule has 12 heteroatoms. The fourth-order valence-corrected chi connectivity index (χ4v) is 5.22. The predicted molar refractivity (Wildman–Crippen MR) is 117 cm³/mol. The van der Waals surface area contributed by atoms with Crippen molar-refractivity contribution in [2.45, 2.75) is 30.6 Å². The Hall–Kier alpha value is -2.83. The molecule has 0 aliphatic carbocycles. The number of rotatable bonds is 6. The molecule has 1 aliphatic rings. The molecule has 1 aliphatic heterocycles. The van der Waals surface area contributed by atoms with Crippen LogP contribution < -0.4 is 10.9 Å². The van der Waals surface area contributed by atoms with Crippen LogP contribution in [0.25, 0.3) is 16.0 Å². The fraction of sp³-hybridized carbons (Fsp3) is 0.300. The van der Waals surface area contributed by atoms with E-state index < -0.39 is 17.5 Å². The zero-order chi connectivity index (χ0) is 22.2. The molecule has 1 amide bonds. The number of nitrogens with zero attached hydrogens (tertiary/aromatic N) is 4. The van der Waals surface area contributed by atoms with Gasteiger partial charge in [0, 0.05) is 18.4 Å². The molecule has 5 rings (SSSR count). The number of benzene rings is 1. The summed E-state index contributed by atoms with van der Waals surface area (Å²) in [7, 11) is 0. The van der Waals surface area contributed by atoms with Crippen LogP contribution in [0.4, 0.5) is 14.5 Å². The van der Waals surface area contributed by atoms with Gasteiger partial charge in [-0.2, -0.15) is 0 Å². The first-order chi connectivity index (χ1) is 15.5. The molecule has 4 aromatic rings. The van der Waals surface area contributed by atoms with E-state index in [1.165, 1.54) is 17.4 Å². The molecule has 0 spiro atoms. The number of hydrogen-bond donors (Lipinski definition) is 1. The van der Waals surface area contributed by atoms with E-state index in [4.69, 9.17) is 4.74 Å². The largest absolute Gasteiger partial charge is 0.376 e. The lowest BCUT2D eigenvalue weighted by molar-refractivity contribution is -0.113. The smallest absolute Gasteiger partial charge is 0.272 e. The van der Waals surface area contributed by atoms with Crippen LogP contribution in [0.3, 0.4) is 0 Å². The molecule has 0 radical (unpaired) electrons. The second-order valence-electron chi connectivity index (χ2n) is 7.27. The summed E-state index contributed by atoms with van der Waals surface area (Å²) in [6.45, 7) is 1.06. The summed E-state index contributed by atoms with van der Waals surface area (Å²) < 4.78 is 36.0. The average Bonchev–Trinajstić information content (AvgIpc) is 3.52. The van der Waals surface area contributed by atoms with Crippen molar-refractivity contribution in [1.82, 2.24) is 19.2 Å². The van der Waals surface area contributed by atoms with Crippen LogP contribution in [0.1, 0.15) is 12.8 Å². The van der Waals surface area contributed by atoms with Gasteiger partial charge < -0.3 is 10.1 Å². The molecule has 4 heterocycles. The van der Waals surface area contributed by atoms with Gasteiger partial charge in [0.2, 0.25) is 11.7 Å². The van der Waals surface area contributed by atoms with E-state index in [1.807, 2.05) is 11.4 Å². The number of thiophene rings is 1. The number of hydrogen-bond acceptors (Lipinski definition) is 7. The van der Waals surface area contributed by atoms with E-state index in [9.17, 15) is 18.4 Å². The predicted octanol–water partition coefficient (Wildman–Crippen LogP) is 3.29. The van der Waals surface area contributed by atoms with Crippen molar-refractivity contribution < 1.29 is 18.3 Å². The highest BCUT2D eigenvalue weighted by molar-refractivity contribution is 7.99. The Morgan fingerprint density at radius 2 is 2.16 bits per heavy atom. The minimum Gasteiger partial charge on any atom is -0.376 e. The maximum atomic E-state index is 13.4. The van der Waals surface area contributed by atoms with Crippen molar-refractivity contribution in [2.24, 2.45) is 0 Å². The van der Waals surface area contributed by atoms with Crippen molar-refractivity contribution >= 4 is 50.7 Å². The fourth-order valence-electron chi connectivity index (χ4n) is 3.65. The lowest BCUT2D eigenvalue weighted by Gasteiger charge is -2.13. The number of amides is 1. The number of ether oxygens (including phenoxy) is 1. The van der Waals surface area contributed by atoms with Crippen LogP contribution in [-0.4, -0.2) is 43.5 Å². The molecule has 1 atom stereocenters. The minimum atomic E-state index is -1.04. The molecule has 32 heavy (non-hydrogen) atoms. The number of fused-ring (bicyclic) bond motifs is 3. The van der Waals surface area contributed by atoms with E-state index in [2.05, 4.69) is 15.5 Å². The molecule has 0 bridgehead atoms. The van der Waals surface area contributed by atoms with Crippen LogP contribution in [0.15, 0.2) is 39.6 Å². The molecule has 1 fully saturated rings. The minimum absolute atomic E-state index is 0.0315. The van der Waals surface area contributed by atoms with E-state index in [0.29, 0.717) is 34.3 Å². The van der Waals surface area contributed by atoms with E-state index in [1.54, 1.807) is 8.97 Å². The van der Waals surface area contributed by atoms with E-state index in [-0.39, 0.29) is 23.1 Å². The number of carbonyl (C=O) groups excluding carboxylic acids is 1. The first-order valence-electron chi connectivity index (χ1n) is 9.85. The highest BCUT2D eigenvalue weighted by atomic mass is 32.2. The third-order valence-electron chi connectivity index (χ3n) is 5.13. The van der Waals surface area contributed by atoms with Gasteiger partial charge in [0.1, 0.15) is 4.70 Å². The summed E-state index contributed by atoms with van der Waals surface area (Å²) >= 11 is 2.47. The summed E-state index contributed by atoms with van der Waals surface area (Å²) in [5.74, 6) is -2.08. The highest BCUT2D eigenvalue weighted by Gasteiger charge is 2.23. The third kappa shape index (κ3) is 3.89. The zero-order valence-corrected chi connectivity index (χ0v) is 18.2. The second-order valence-corrected chi connectivity index (χ2v) is 9.13. The molecule has 8 nitrogen and oxygen atoms in total. The topological polar surface area (TPSA) is 90.5 Å². The molecular weight excluding hydrogens is 460 g/mol. The Bertz CT molecular complexity index is 1380. The van der Waals surface area contributed by atoms with E-state index in [0.717, 1.165) is 36.7 Å². The lowest BCUT2D eigenvalue weighted by atomic mass is 10.2. The maximum Gasteiger partial charge on any atom is 0.272 e. The number of carbonyl (C=O) groups is 1. The number of halogens is 2. The van der Waals surface area contributed by atoms with E-state index >= 15 is 0 Å². The Kier molecular flexibility index (Phi) is 5.66. The van der Waals surface area contributed by atoms with Crippen molar-refractivity contribution in [2.75, 3.05) is 17.7 Å². The van der Waals surface area contributed by atoms with Gasteiger partial charge in [0.05, 0.1) is 23.9 Å². The molecule has 3 aromatic heterocycles. The van der Waals surface area contributed by atoms with Gasteiger partial charge in [-0.1, -0.05) is 11.8 Å². The molecule has 1 saturated heterocycles. The number of aromatic nitrogens is 4. The van der Waals surface area contributed by atoms with Gasteiger partial charge in [-0.3, -0.25) is 18.6 Å². The van der Waals surface area contributed by atoms with Crippen molar-refractivity contribution in [1.29, 1.82) is 0 Å². The third-order valence-corrected chi connectivity index (χ3v) is 6.95. The van der Waals surface area contributed by atoms with Crippen molar-refractivity contribution in [3.05, 3.63) is 51.6 Å². The van der Waals surface area contributed by atoms with Gasteiger partial charge in [-0.25, -0.2) is 8.78 Å². The Labute approximate surface area is 188 Å². The molecule has 0 saturated carbocycles. The quantitative estimate of drug-likeness (QED) is 0.429. The summed E-state index contributed by atoms with van der Waals surface area (Å²) in [5.41, 5.74) is 0.691. The molecule has 1 N–H and O–H groups in total. The van der Waals surface area contributed by atoms with Gasteiger partial charge in [0.25, 0.3) is 5.56 Å². The van der Waals surface area contributed by atoms with Crippen LogP contribution in [0, 0.1) is 11.6 Å². The molecule has 0 unspecified atom stereocenters. The van der Waals surface area contributed by atoms with Crippen LogP contribution in [0.2, 0.25) is 0 Å². The van der Waals surface area contributed by atoms with Gasteiger partial charge in [-0.15, -0.1) is 21.5 Å². The Morgan fingerprint density at radius 1 is 1.28 bits per heavy atom. The highest BCUT2D eigenvalue weighted by Crippen LogP contribution is 2.25. The molecular formula is C20H17F2N5O3S2. The van der Waals surface area contributed by atoms with Gasteiger partial charge in [-0.05, 0) is 36.4 Å². The van der Waals surface area contributed by atoms with Crippen molar-refractivity contribution in [3.8, 4) is 0 Å². The Balaban J connectivity index is 1.42. The summed E-state index contributed by atoms with van der Waals surface area (Å²) in [6, 6.07) is 4.97. The van der Waals surface area contributed by atoms with Crippen LogP contribution in [-0.2, 0) is 16.1 Å². The number of nitrogens with one attached hydrogen (secondary N) is 1. The monoisotopic (exact) mass is 477 g/mol. The normalized spacial score (nSPS) is 16.2. The zero-order valence-electron chi connectivity index (χ0n) is 16.6. The molecule has 166 valence electrons. The van der Waals surface area contributed by atoms with Gasteiger partial charge >= 0.3 is 0 Å². The standard InChI is InChI=1S/C20H17F2N5O3S2/c21-13-4-3-11(8-14(13)22)23-16(28)10-32-20-25-24-19-26(9-12-2-1-6-30-12)18(29)17-15(27(19)20)5-7-31-17/h3-5,7-8,12H,1-2,6,9-10H2,(H,23,28)/t12-/m0/s1. The molecule has 1 aromatic carbocycles. The SMILES string of the molecule is O=C(CSc1nnc2n(C[C@@H]3CCCO3)c(=O)c3sccc3n12)Nc1ccc(F)c(F)c1. The first-order valence-corrected chi connectivity index (χ1v) is 11.7. The number of anilines is 1. The second kappa shape index (κ2) is 8.60. The average molecular weight is 478 g/mol. The summed E-state index contributed by atoms with van der Waals surface area (Å²) in [6.07, 6.45) is 1.78. The summed E-state index contributed by atoms with van der Waals surface area (Å²) in [5, 5.41) is 13.2. The van der Waals surface area contributed by atoms with Gasteiger partial charge in [0.15, 0.2) is 16.8 Å².